The monoisotopic (exact) mass is 786 g/mol. The maximum Gasteiger partial charge on any atom is 0.294 e. The Morgan fingerprint density at radius 1 is 0.545 bits per heavy atom. The summed E-state index contributed by atoms with van der Waals surface area (Å²) in [6.45, 7) is 12.6. The van der Waals surface area contributed by atoms with E-state index in [4.69, 9.17) is 9.47 Å². The second-order valence-electron chi connectivity index (χ2n) is 13.6. The van der Waals surface area contributed by atoms with Crippen LogP contribution in [-0.2, 0) is 45.9 Å². The Balaban J connectivity index is 1.74. The average molecular weight is 787 g/mol. The highest BCUT2D eigenvalue weighted by atomic mass is 32.2. The van der Waals surface area contributed by atoms with Gasteiger partial charge in [0, 0.05) is 51.9 Å². The fourth-order valence-electron chi connectivity index (χ4n) is 7.30. The van der Waals surface area contributed by atoms with Crippen molar-refractivity contribution in [1.82, 2.24) is 0 Å². The van der Waals surface area contributed by atoms with Crippen LogP contribution in [0.5, 0.6) is 11.5 Å². The lowest BCUT2D eigenvalue weighted by atomic mass is 9.83. The fourth-order valence-corrected chi connectivity index (χ4v) is 8.64. The van der Waals surface area contributed by atoms with Crippen molar-refractivity contribution >= 4 is 43.0 Å². The van der Waals surface area contributed by atoms with Crippen LogP contribution < -0.4 is 20.1 Å². The molecule has 5 aromatic rings. The Labute approximate surface area is 325 Å². The molecule has 10 nitrogen and oxygen atoms in total. The van der Waals surface area contributed by atoms with Gasteiger partial charge in [-0.15, -0.1) is 0 Å². The number of hydrogen-bond acceptors (Lipinski definition) is 8. The van der Waals surface area contributed by atoms with Gasteiger partial charge in [-0.05, 0) is 91.6 Å². The number of benzene rings is 5. The molecule has 0 bridgehead atoms. The minimum absolute atomic E-state index is 0.0352. The molecule has 0 spiro atoms. The third kappa shape index (κ3) is 8.99. The molecule has 0 radical (unpaired) electrons. The van der Waals surface area contributed by atoms with Crippen molar-refractivity contribution < 1.29 is 35.4 Å². The molecule has 5 aromatic carbocycles. The van der Waals surface area contributed by atoms with Crippen LogP contribution >= 0.6 is 0 Å². The Bertz CT molecular complexity index is 2280. The fraction of sp³-hybridized carbons (Fsp3) is 0.302. The molecular formula is C43H50N2O8S2. The minimum Gasteiger partial charge on any atom is -0.496 e. The van der Waals surface area contributed by atoms with Crippen molar-refractivity contribution in [3.63, 3.8) is 0 Å². The minimum atomic E-state index is -5.03. The molecule has 12 heteroatoms. The van der Waals surface area contributed by atoms with E-state index >= 15 is 0 Å². The molecule has 0 atom stereocenters. The van der Waals surface area contributed by atoms with E-state index in [-0.39, 0.29) is 5.56 Å². The maximum atomic E-state index is 13.0. The first-order chi connectivity index (χ1) is 26.1. The zero-order valence-corrected chi connectivity index (χ0v) is 34.2. The zero-order chi connectivity index (χ0) is 40.2. The van der Waals surface area contributed by atoms with E-state index in [0.717, 1.165) is 82.8 Å². The van der Waals surface area contributed by atoms with E-state index in [1.54, 1.807) is 12.1 Å². The summed E-state index contributed by atoms with van der Waals surface area (Å²) in [6, 6.07) is 22.7. The number of rotatable bonds is 15. The molecule has 0 saturated carbocycles. The zero-order valence-electron chi connectivity index (χ0n) is 32.6. The summed E-state index contributed by atoms with van der Waals surface area (Å²) in [6.07, 6.45) is 3.28. The third-order valence-corrected chi connectivity index (χ3v) is 11.7. The highest BCUT2D eigenvalue weighted by Gasteiger charge is 2.31. The second-order valence-corrected chi connectivity index (χ2v) is 16.4. The van der Waals surface area contributed by atoms with Crippen molar-refractivity contribution in [3.8, 4) is 11.5 Å². The van der Waals surface area contributed by atoms with Gasteiger partial charge in [0.15, 0.2) is 0 Å². The van der Waals surface area contributed by atoms with E-state index in [9.17, 15) is 25.9 Å². The van der Waals surface area contributed by atoms with Crippen molar-refractivity contribution in [2.75, 3.05) is 24.9 Å². The molecule has 0 heterocycles. The summed E-state index contributed by atoms with van der Waals surface area (Å²) < 4.78 is 82.6. The van der Waals surface area contributed by atoms with E-state index in [1.807, 2.05) is 24.3 Å². The summed E-state index contributed by atoms with van der Waals surface area (Å²) in [5.41, 5.74) is 11.5. The smallest absolute Gasteiger partial charge is 0.294 e. The Kier molecular flexibility index (Phi) is 12.7. The molecule has 0 saturated heterocycles. The van der Waals surface area contributed by atoms with Gasteiger partial charge in [-0.1, -0.05) is 81.3 Å². The van der Waals surface area contributed by atoms with Crippen LogP contribution in [0.25, 0.3) is 0 Å². The van der Waals surface area contributed by atoms with Crippen LogP contribution in [0.15, 0.2) is 88.7 Å². The lowest BCUT2D eigenvalue weighted by molar-refractivity contribution is 0.402. The van der Waals surface area contributed by atoms with Gasteiger partial charge in [-0.25, -0.2) is 0 Å². The standard InChI is InChI=1S/C43H50N2O8S2/c1-9-28-19-26(5)20-29(10-2)42(28)44-32-13-16-35(38(23-32)52-7)41(37-18-15-34(54(46,47)48)25-40(37)55(49,50)51)36-17-14-33(24-39(36)53-8)45-43-30(11-3)21-27(6)22-31(43)12-4/h13-25,41,44-45H,9-12H2,1-8H3,(H,46,47,48)(H,49,50,51). The second kappa shape index (κ2) is 16.9. The molecule has 0 amide bonds. The highest BCUT2D eigenvalue weighted by molar-refractivity contribution is 7.86. The van der Waals surface area contributed by atoms with Crippen LogP contribution in [0.1, 0.15) is 83.7 Å². The summed E-state index contributed by atoms with van der Waals surface area (Å²) in [7, 11) is -6.84. The van der Waals surface area contributed by atoms with Gasteiger partial charge < -0.3 is 20.1 Å². The summed E-state index contributed by atoms with van der Waals surface area (Å²) >= 11 is 0. The van der Waals surface area contributed by atoms with Gasteiger partial charge in [0.25, 0.3) is 20.2 Å². The molecule has 0 unspecified atom stereocenters. The van der Waals surface area contributed by atoms with Crippen molar-refractivity contribution in [2.45, 2.75) is 82.9 Å². The maximum absolute atomic E-state index is 13.0. The number of anilines is 4. The van der Waals surface area contributed by atoms with Crippen LogP contribution in [-0.4, -0.2) is 40.2 Å². The quantitative estimate of drug-likeness (QED) is 0.0596. The molecule has 0 aliphatic heterocycles. The van der Waals surface area contributed by atoms with E-state index in [0.29, 0.717) is 22.6 Å². The molecule has 292 valence electrons. The van der Waals surface area contributed by atoms with Crippen molar-refractivity contribution in [1.29, 1.82) is 0 Å². The number of aryl methyl sites for hydroxylation is 6. The van der Waals surface area contributed by atoms with Crippen LogP contribution in [0.3, 0.4) is 0 Å². The first-order valence-corrected chi connectivity index (χ1v) is 21.2. The average Bonchev–Trinajstić information content (AvgIpc) is 3.15. The van der Waals surface area contributed by atoms with Crippen LogP contribution in [0.2, 0.25) is 0 Å². The Morgan fingerprint density at radius 2 is 0.927 bits per heavy atom. The summed E-state index contributed by atoms with van der Waals surface area (Å²) in [4.78, 5) is -1.38. The molecular weight excluding hydrogens is 737 g/mol. The molecule has 0 aliphatic carbocycles. The van der Waals surface area contributed by atoms with Gasteiger partial charge in [0.05, 0.1) is 24.0 Å². The first kappa shape index (κ1) is 41.3. The van der Waals surface area contributed by atoms with Gasteiger partial charge in [0.2, 0.25) is 0 Å². The normalized spacial score (nSPS) is 11.8. The van der Waals surface area contributed by atoms with Crippen molar-refractivity contribution in [2.24, 2.45) is 0 Å². The van der Waals surface area contributed by atoms with Crippen molar-refractivity contribution in [3.05, 3.63) is 129 Å². The van der Waals surface area contributed by atoms with Crippen LogP contribution in [0, 0.1) is 13.8 Å². The topological polar surface area (TPSA) is 151 Å². The van der Waals surface area contributed by atoms with Gasteiger partial charge in [0.1, 0.15) is 11.5 Å². The molecule has 0 aliphatic rings. The number of hydrogen-bond donors (Lipinski definition) is 4. The Hall–Kier alpha value is -4.88. The molecule has 5 rings (SSSR count). The SMILES string of the molecule is CCc1cc(C)cc(CC)c1Nc1ccc(C(c2ccc(Nc3c(CC)cc(C)cc3CC)cc2OC)c2ccc(S(=O)(=O)O)cc2S(=O)(=O)O)c(OC)c1. The number of nitrogens with one attached hydrogen (secondary N) is 2. The first-order valence-electron chi connectivity index (χ1n) is 18.3. The van der Waals surface area contributed by atoms with E-state index in [1.165, 1.54) is 31.4 Å². The van der Waals surface area contributed by atoms with Gasteiger partial charge in [-0.3, -0.25) is 9.11 Å². The lowest BCUT2D eigenvalue weighted by Crippen LogP contribution is -2.14. The molecule has 4 N–H and O–H groups in total. The number of ether oxygens (including phenoxy) is 2. The van der Waals surface area contributed by atoms with E-state index in [2.05, 4.69) is 76.4 Å². The molecule has 0 aromatic heterocycles. The Morgan fingerprint density at radius 3 is 1.25 bits per heavy atom. The predicted molar refractivity (Wildman–Crippen MR) is 219 cm³/mol. The predicted octanol–water partition coefficient (Wildman–Crippen LogP) is 9.73. The lowest BCUT2D eigenvalue weighted by Gasteiger charge is -2.26. The van der Waals surface area contributed by atoms with Gasteiger partial charge in [-0.2, -0.15) is 16.8 Å². The molecule has 0 fully saturated rings. The van der Waals surface area contributed by atoms with E-state index < -0.39 is 35.9 Å². The largest absolute Gasteiger partial charge is 0.496 e. The number of methoxy groups -OCH3 is 2. The third-order valence-electron chi connectivity index (χ3n) is 9.92. The molecule has 55 heavy (non-hydrogen) atoms. The highest BCUT2D eigenvalue weighted by Crippen LogP contribution is 2.46. The summed E-state index contributed by atoms with van der Waals surface area (Å²) in [5.74, 6) is -0.196. The summed E-state index contributed by atoms with van der Waals surface area (Å²) in [5, 5.41) is 7.16. The van der Waals surface area contributed by atoms with Crippen LogP contribution in [0.4, 0.5) is 22.7 Å². The van der Waals surface area contributed by atoms with Gasteiger partial charge >= 0.3 is 0 Å².